The molecule has 0 aliphatic carbocycles. The molecule has 22 heavy (non-hydrogen) atoms. The van der Waals surface area contributed by atoms with Crippen molar-refractivity contribution < 1.29 is 8.73 Å². The van der Waals surface area contributed by atoms with Gasteiger partial charge in [-0.1, -0.05) is 47.6 Å². The predicted octanol–water partition coefficient (Wildman–Crippen LogP) is 3.28. The lowest BCUT2D eigenvalue weighted by atomic mass is 10.1. The second kappa shape index (κ2) is 6.66. The zero-order chi connectivity index (χ0) is 15.4. The van der Waals surface area contributed by atoms with Gasteiger partial charge in [0.25, 0.3) is 0 Å². The first-order valence-corrected chi connectivity index (χ1v) is 8.33. The van der Waals surface area contributed by atoms with E-state index in [0.29, 0.717) is 23.9 Å². The molecule has 0 saturated heterocycles. The van der Waals surface area contributed by atoms with E-state index in [4.69, 9.17) is 4.52 Å². The molecule has 0 amide bonds. The van der Waals surface area contributed by atoms with Gasteiger partial charge in [0.2, 0.25) is 5.89 Å². The molecule has 1 atom stereocenters. The summed E-state index contributed by atoms with van der Waals surface area (Å²) in [5, 5.41) is 3.89. The Hall–Kier alpha value is -2.27. The minimum Gasteiger partial charge on any atom is -0.340 e. The second-order valence-corrected chi connectivity index (χ2v) is 6.48. The third-order valence-corrected chi connectivity index (χ3v) is 4.65. The molecule has 0 spiro atoms. The van der Waals surface area contributed by atoms with Gasteiger partial charge in [-0.05, 0) is 23.3 Å². The molecule has 2 aromatic carbocycles. The monoisotopic (exact) mass is 312 g/mol. The Morgan fingerprint density at radius 1 is 1.00 bits per heavy atom. The Labute approximate surface area is 131 Å². The van der Waals surface area contributed by atoms with Gasteiger partial charge >= 0.3 is 0 Å². The van der Waals surface area contributed by atoms with E-state index in [1.165, 1.54) is 0 Å². The molecule has 3 aromatic rings. The maximum absolute atomic E-state index is 12.3. The zero-order valence-corrected chi connectivity index (χ0v) is 13.0. The maximum atomic E-state index is 12.3. The van der Waals surface area contributed by atoms with Crippen LogP contribution < -0.4 is 0 Å². The molecule has 0 aliphatic heterocycles. The van der Waals surface area contributed by atoms with Gasteiger partial charge in [-0.25, -0.2) is 0 Å². The molecule has 0 saturated carbocycles. The standard InChI is InChI=1S/C17H16N2O2S/c1-13-18-17(19-21-13)11-14-7-9-15(10-8-14)12-22(20)16-5-3-2-4-6-16/h2-10H,11-12H2,1H3. The van der Waals surface area contributed by atoms with Crippen LogP contribution in [0.3, 0.4) is 0 Å². The number of hydrogen-bond acceptors (Lipinski definition) is 4. The average molecular weight is 312 g/mol. The van der Waals surface area contributed by atoms with Crippen LogP contribution in [-0.4, -0.2) is 14.3 Å². The van der Waals surface area contributed by atoms with Gasteiger partial charge in [0.1, 0.15) is 0 Å². The summed E-state index contributed by atoms with van der Waals surface area (Å²) >= 11 is 0. The van der Waals surface area contributed by atoms with Crippen molar-refractivity contribution in [1.82, 2.24) is 10.1 Å². The summed E-state index contributed by atoms with van der Waals surface area (Å²) in [7, 11) is -1.02. The Morgan fingerprint density at radius 2 is 1.68 bits per heavy atom. The Morgan fingerprint density at radius 3 is 2.32 bits per heavy atom. The minimum absolute atomic E-state index is 0.519. The van der Waals surface area contributed by atoms with Crippen molar-refractivity contribution in [2.24, 2.45) is 0 Å². The fraction of sp³-hybridized carbons (Fsp3) is 0.176. The van der Waals surface area contributed by atoms with Gasteiger partial charge in [-0.3, -0.25) is 4.21 Å². The summed E-state index contributed by atoms with van der Waals surface area (Å²) < 4.78 is 17.2. The van der Waals surface area contributed by atoms with Gasteiger partial charge in [0.05, 0.1) is 16.6 Å². The van der Waals surface area contributed by atoms with Crippen LogP contribution in [0.25, 0.3) is 0 Å². The van der Waals surface area contributed by atoms with Gasteiger partial charge in [0, 0.05) is 18.2 Å². The molecule has 1 aromatic heterocycles. The largest absolute Gasteiger partial charge is 0.340 e. The summed E-state index contributed by atoms with van der Waals surface area (Å²) in [5.41, 5.74) is 2.16. The Bertz CT molecular complexity index is 767. The second-order valence-electron chi connectivity index (χ2n) is 5.03. The summed E-state index contributed by atoms with van der Waals surface area (Å²) in [4.78, 5) is 5.05. The first kappa shape index (κ1) is 14.7. The third-order valence-electron chi connectivity index (χ3n) is 3.26. The molecular formula is C17H16N2O2S. The highest BCUT2D eigenvalue weighted by molar-refractivity contribution is 7.84. The highest BCUT2D eigenvalue weighted by atomic mass is 32.2. The third kappa shape index (κ3) is 3.68. The van der Waals surface area contributed by atoms with Crippen LogP contribution in [0.15, 0.2) is 64.0 Å². The van der Waals surface area contributed by atoms with Crippen molar-refractivity contribution in [1.29, 1.82) is 0 Å². The van der Waals surface area contributed by atoms with E-state index in [1.54, 1.807) is 6.92 Å². The molecule has 5 heteroatoms. The summed E-state index contributed by atoms with van der Waals surface area (Å²) in [6.07, 6.45) is 0.638. The lowest BCUT2D eigenvalue weighted by Crippen LogP contribution is -1.97. The molecule has 112 valence electrons. The highest BCUT2D eigenvalue weighted by Gasteiger charge is 2.06. The van der Waals surface area contributed by atoms with Crippen molar-refractivity contribution in [2.45, 2.75) is 24.0 Å². The molecular weight excluding hydrogens is 296 g/mol. The predicted molar refractivity (Wildman–Crippen MR) is 84.8 cm³/mol. The van der Waals surface area contributed by atoms with Crippen LogP contribution in [0, 0.1) is 6.92 Å². The van der Waals surface area contributed by atoms with Gasteiger partial charge in [0.15, 0.2) is 5.82 Å². The van der Waals surface area contributed by atoms with E-state index < -0.39 is 10.8 Å². The van der Waals surface area contributed by atoms with E-state index in [2.05, 4.69) is 10.1 Å². The number of benzene rings is 2. The quantitative estimate of drug-likeness (QED) is 0.725. The van der Waals surface area contributed by atoms with Crippen molar-refractivity contribution in [2.75, 3.05) is 0 Å². The first-order chi connectivity index (χ1) is 10.7. The number of rotatable bonds is 5. The Balaban J connectivity index is 1.65. The van der Waals surface area contributed by atoms with Crippen molar-refractivity contribution in [3.05, 3.63) is 77.4 Å². The minimum atomic E-state index is -1.02. The lowest BCUT2D eigenvalue weighted by molar-refractivity contribution is 0.388. The fourth-order valence-corrected chi connectivity index (χ4v) is 3.28. The number of hydrogen-bond donors (Lipinski definition) is 0. The molecule has 0 N–H and O–H groups in total. The SMILES string of the molecule is Cc1nc(Cc2ccc(CS(=O)c3ccccc3)cc2)no1. The molecule has 3 rings (SSSR count). The summed E-state index contributed by atoms with van der Waals surface area (Å²) in [6.45, 7) is 1.78. The Kier molecular flexibility index (Phi) is 4.44. The van der Waals surface area contributed by atoms with E-state index in [0.717, 1.165) is 16.0 Å². The molecule has 1 heterocycles. The van der Waals surface area contributed by atoms with Gasteiger partial charge in [-0.15, -0.1) is 0 Å². The first-order valence-electron chi connectivity index (χ1n) is 7.01. The fourth-order valence-electron chi connectivity index (χ4n) is 2.16. The van der Waals surface area contributed by atoms with E-state index >= 15 is 0 Å². The van der Waals surface area contributed by atoms with Crippen molar-refractivity contribution >= 4 is 10.8 Å². The normalized spacial score (nSPS) is 12.2. The van der Waals surface area contributed by atoms with Crippen LogP contribution >= 0.6 is 0 Å². The van der Waals surface area contributed by atoms with E-state index in [1.807, 2.05) is 54.6 Å². The molecule has 4 nitrogen and oxygen atoms in total. The molecule has 0 aliphatic rings. The molecule has 1 unspecified atom stereocenters. The van der Waals surface area contributed by atoms with E-state index in [-0.39, 0.29) is 0 Å². The highest BCUT2D eigenvalue weighted by Crippen LogP contribution is 2.14. The molecule has 0 bridgehead atoms. The van der Waals surface area contributed by atoms with Crippen LogP contribution in [0.5, 0.6) is 0 Å². The lowest BCUT2D eigenvalue weighted by Gasteiger charge is -2.04. The number of aromatic nitrogens is 2. The average Bonchev–Trinajstić information content (AvgIpc) is 2.95. The topological polar surface area (TPSA) is 56.0 Å². The molecule has 0 radical (unpaired) electrons. The van der Waals surface area contributed by atoms with Crippen LogP contribution in [0.2, 0.25) is 0 Å². The summed E-state index contributed by atoms with van der Waals surface area (Å²) in [6, 6.07) is 17.6. The van der Waals surface area contributed by atoms with Crippen LogP contribution in [0.1, 0.15) is 22.8 Å². The van der Waals surface area contributed by atoms with Crippen molar-refractivity contribution in [3.63, 3.8) is 0 Å². The maximum Gasteiger partial charge on any atom is 0.223 e. The zero-order valence-electron chi connectivity index (χ0n) is 12.2. The summed E-state index contributed by atoms with van der Waals surface area (Å²) in [5.74, 6) is 1.77. The van der Waals surface area contributed by atoms with Gasteiger partial charge in [-0.2, -0.15) is 4.98 Å². The van der Waals surface area contributed by atoms with E-state index in [9.17, 15) is 4.21 Å². The number of aryl methyl sites for hydroxylation is 1. The van der Waals surface area contributed by atoms with Gasteiger partial charge < -0.3 is 4.52 Å². The molecule has 0 fully saturated rings. The smallest absolute Gasteiger partial charge is 0.223 e. The number of nitrogens with zero attached hydrogens (tertiary/aromatic N) is 2. The van der Waals surface area contributed by atoms with Crippen LogP contribution in [0.4, 0.5) is 0 Å². The van der Waals surface area contributed by atoms with Crippen LogP contribution in [-0.2, 0) is 23.0 Å². The van der Waals surface area contributed by atoms with Crippen molar-refractivity contribution in [3.8, 4) is 0 Å².